The summed E-state index contributed by atoms with van der Waals surface area (Å²) < 4.78 is 6.35. The van der Waals surface area contributed by atoms with Crippen LogP contribution in [0.3, 0.4) is 0 Å². The summed E-state index contributed by atoms with van der Waals surface area (Å²) in [6.45, 7) is -0.241. The molecule has 0 fully saturated rings. The lowest BCUT2D eigenvalue weighted by Gasteiger charge is -2.06. The zero-order valence-corrected chi connectivity index (χ0v) is 11.7. The number of carboxylic acids is 1. The second-order valence-electron chi connectivity index (χ2n) is 3.81. The van der Waals surface area contributed by atoms with Gasteiger partial charge in [-0.05, 0) is 12.1 Å². The molecule has 0 saturated heterocycles. The Kier molecular flexibility index (Phi) is 4.29. The van der Waals surface area contributed by atoms with E-state index in [4.69, 9.17) is 33.0 Å². The molecule has 1 heterocycles. The first-order valence-corrected chi connectivity index (χ1v) is 6.17. The van der Waals surface area contributed by atoms with Crippen molar-refractivity contribution in [2.45, 2.75) is 6.73 Å². The minimum atomic E-state index is -1.28. The van der Waals surface area contributed by atoms with Gasteiger partial charge in [-0.1, -0.05) is 23.2 Å². The summed E-state index contributed by atoms with van der Waals surface area (Å²) in [5.74, 6) is -1.30. The number of nitro groups is 1. The standard InChI is InChI=1S/C11H7Cl2N3O5/c12-6-1-2-9(8(3-6)16(19)20)21-5-15-4-7(13)10(14-15)11(17)18/h1-4H,5H2,(H,17,18). The van der Waals surface area contributed by atoms with Crippen molar-refractivity contribution in [1.29, 1.82) is 0 Å². The van der Waals surface area contributed by atoms with Crippen molar-refractivity contribution in [3.63, 3.8) is 0 Å². The molecule has 8 nitrogen and oxygen atoms in total. The van der Waals surface area contributed by atoms with E-state index >= 15 is 0 Å². The van der Waals surface area contributed by atoms with Gasteiger partial charge in [0.2, 0.25) is 0 Å². The number of benzene rings is 1. The number of carboxylic acid groups (broad SMARTS) is 1. The van der Waals surface area contributed by atoms with Crippen molar-refractivity contribution < 1.29 is 19.6 Å². The molecule has 0 radical (unpaired) electrons. The molecule has 0 bridgehead atoms. The van der Waals surface area contributed by atoms with Gasteiger partial charge in [0, 0.05) is 17.3 Å². The summed E-state index contributed by atoms with van der Waals surface area (Å²) in [5, 5.41) is 23.5. The molecule has 0 amide bonds. The summed E-state index contributed by atoms with van der Waals surface area (Å²) in [6, 6.07) is 3.92. The van der Waals surface area contributed by atoms with Gasteiger partial charge in [0.05, 0.1) is 9.95 Å². The van der Waals surface area contributed by atoms with Crippen LogP contribution in [0.25, 0.3) is 0 Å². The highest BCUT2D eigenvalue weighted by Crippen LogP contribution is 2.30. The Bertz CT molecular complexity index is 716. The zero-order valence-electron chi connectivity index (χ0n) is 10.2. The number of rotatable bonds is 5. The third kappa shape index (κ3) is 3.41. The van der Waals surface area contributed by atoms with Crippen LogP contribution in [-0.2, 0) is 6.73 Å². The molecule has 0 spiro atoms. The molecule has 10 heteroatoms. The summed E-state index contributed by atoms with van der Waals surface area (Å²) >= 11 is 11.4. The molecule has 0 aliphatic heterocycles. The van der Waals surface area contributed by atoms with E-state index < -0.39 is 10.9 Å². The molecule has 0 saturated carbocycles. The molecule has 2 aromatic rings. The van der Waals surface area contributed by atoms with Crippen molar-refractivity contribution >= 4 is 34.9 Å². The molecule has 0 aliphatic rings. The molecule has 0 aliphatic carbocycles. The molecule has 0 unspecified atom stereocenters. The molecular formula is C11H7Cl2N3O5. The van der Waals surface area contributed by atoms with Crippen LogP contribution < -0.4 is 4.74 Å². The Hall–Kier alpha value is -2.32. The number of nitrogens with zero attached hydrogens (tertiary/aromatic N) is 3. The van der Waals surface area contributed by atoms with Crippen LogP contribution in [0.5, 0.6) is 5.75 Å². The average Bonchev–Trinajstić information content (AvgIpc) is 2.78. The smallest absolute Gasteiger partial charge is 0.357 e. The fraction of sp³-hybridized carbons (Fsp3) is 0.0909. The molecule has 1 N–H and O–H groups in total. The van der Waals surface area contributed by atoms with Crippen LogP contribution >= 0.6 is 23.2 Å². The van der Waals surface area contributed by atoms with E-state index in [0.717, 1.165) is 10.7 Å². The molecule has 1 aromatic heterocycles. The van der Waals surface area contributed by atoms with E-state index in [9.17, 15) is 14.9 Å². The quantitative estimate of drug-likeness (QED) is 0.666. The molecular weight excluding hydrogens is 325 g/mol. The van der Waals surface area contributed by atoms with E-state index in [0.29, 0.717) is 0 Å². The Balaban J connectivity index is 2.19. The minimum absolute atomic E-state index is 0.0205. The number of hydrogen-bond acceptors (Lipinski definition) is 5. The number of aromatic carboxylic acids is 1. The highest BCUT2D eigenvalue weighted by molar-refractivity contribution is 6.33. The van der Waals surface area contributed by atoms with Gasteiger partial charge in [0.15, 0.2) is 18.2 Å². The predicted molar refractivity (Wildman–Crippen MR) is 72.9 cm³/mol. The fourth-order valence-electron chi connectivity index (χ4n) is 1.50. The first kappa shape index (κ1) is 15.1. The summed E-state index contributed by atoms with van der Waals surface area (Å²) in [6.07, 6.45) is 1.24. The number of aromatic nitrogens is 2. The Morgan fingerprint density at radius 1 is 1.48 bits per heavy atom. The van der Waals surface area contributed by atoms with Gasteiger partial charge in [-0.25, -0.2) is 9.48 Å². The fourth-order valence-corrected chi connectivity index (χ4v) is 1.90. The minimum Gasteiger partial charge on any atom is -0.476 e. The van der Waals surface area contributed by atoms with Gasteiger partial charge in [-0.15, -0.1) is 0 Å². The average molecular weight is 332 g/mol. The third-order valence-electron chi connectivity index (χ3n) is 2.39. The van der Waals surface area contributed by atoms with Crippen molar-refractivity contribution in [3.05, 3.63) is 50.2 Å². The molecule has 2 rings (SSSR count). The monoisotopic (exact) mass is 331 g/mol. The lowest BCUT2D eigenvalue weighted by Crippen LogP contribution is -2.08. The first-order valence-electron chi connectivity index (χ1n) is 5.41. The first-order chi connectivity index (χ1) is 9.88. The van der Waals surface area contributed by atoms with Gasteiger partial charge >= 0.3 is 11.7 Å². The highest BCUT2D eigenvalue weighted by atomic mass is 35.5. The number of ether oxygens (including phenoxy) is 1. The molecule has 0 atom stereocenters. The van der Waals surface area contributed by atoms with E-state index in [2.05, 4.69) is 5.10 Å². The molecule has 110 valence electrons. The second kappa shape index (κ2) is 5.98. The van der Waals surface area contributed by atoms with Crippen molar-refractivity contribution in [2.24, 2.45) is 0 Å². The largest absolute Gasteiger partial charge is 0.476 e. The van der Waals surface area contributed by atoms with Crippen molar-refractivity contribution in [3.8, 4) is 5.75 Å². The predicted octanol–water partition coefficient (Wildman–Crippen LogP) is 2.83. The van der Waals surface area contributed by atoms with E-state index in [1.165, 1.54) is 18.3 Å². The van der Waals surface area contributed by atoms with Crippen LogP contribution in [0.2, 0.25) is 10.0 Å². The van der Waals surface area contributed by atoms with Gasteiger partial charge in [0.1, 0.15) is 0 Å². The number of nitro benzene ring substituents is 1. The number of carbonyl (C=O) groups is 1. The number of halogens is 2. The maximum Gasteiger partial charge on any atom is 0.357 e. The SMILES string of the molecule is O=C(O)c1nn(COc2ccc(Cl)cc2[N+](=O)[O-])cc1Cl. The lowest BCUT2D eigenvalue weighted by molar-refractivity contribution is -0.386. The lowest BCUT2D eigenvalue weighted by atomic mass is 10.3. The molecule has 21 heavy (non-hydrogen) atoms. The van der Waals surface area contributed by atoms with Gasteiger partial charge < -0.3 is 9.84 Å². The maximum absolute atomic E-state index is 10.9. The maximum atomic E-state index is 10.9. The van der Waals surface area contributed by atoms with Crippen LogP contribution in [0.4, 0.5) is 5.69 Å². The van der Waals surface area contributed by atoms with E-state index in [1.54, 1.807) is 0 Å². The van der Waals surface area contributed by atoms with Gasteiger partial charge in [0.25, 0.3) is 0 Å². The normalized spacial score (nSPS) is 10.4. The highest BCUT2D eigenvalue weighted by Gasteiger charge is 2.17. The van der Waals surface area contributed by atoms with Crippen molar-refractivity contribution in [2.75, 3.05) is 0 Å². The second-order valence-corrected chi connectivity index (χ2v) is 4.66. The van der Waals surface area contributed by atoms with Crippen LogP contribution in [0, 0.1) is 10.1 Å². The van der Waals surface area contributed by atoms with Crippen LogP contribution in [0.1, 0.15) is 10.5 Å². The topological polar surface area (TPSA) is 107 Å². The zero-order chi connectivity index (χ0) is 15.6. The van der Waals surface area contributed by atoms with E-state index in [-0.39, 0.29) is 33.9 Å². The number of hydrogen-bond donors (Lipinski definition) is 1. The Labute approximate surface area is 127 Å². The van der Waals surface area contributed by atoms with Crippen LogP contribution in [-0.4, -0.2) is 25.8 Å². The van der Waals surface area contributed by atoms with Gasteiger partial charge in [-0.2, -0.15) is 5.10 Å². The van der Waals surface area contributed by atoms with E-state index in [1.807, 2.05) is 0 Å². The van der Waals surface area contributed by atoms with Gasteiger partial charge in [-0.3, -0.25) is 10.1 Å². The summed E-state index contributed by atoms with van der Waals surface area (Å²) in [4.78, 5) is 21.0. The summed E-state index contributed by atoms with van der Waals surface area (Å²) in [7, 11) is 0. The Morgan fingerprint density at radius 3 is 2.76 bits per heavy atom. The molecule has 1 aromatic carbocycles. The Morgan fingerprint density at radius 2 is 2.19 bits per heavy atom. The van der Waals surface area contributed by atoms with Crippen LogP contribution in [0.15, 0.2) is 24.4 Å². The summed E-state index contributed by atoms with van der Waals surface area (Å²) in [5.41, 5.74) is -0.634. The van der Waals surface area contributed by atoms with Crippen molar-refractivity contribution in [1.82, 2.24) is 9.78 Å². The third-order valence-corrected chi connectivity index (χ3v) is 2.90.